The molecule has 3 heterocycles. The number of carbonyl (C=O) groups is 1. The Morgan fingerprint density at radius 2 is 2.08 bits per heavy atom. The van der Waals surface area contributed by atoms with E-state index in [1.165, 1.54) is 5.56 Å². The van der Waals surface area contributed by atoms with Gasteiger partial charge in [0.15, 0.2) is 5.69 Å². The molecule has 0 saturated carbocycles. The Kier molecular flexibility index (Phi) is 4.72. The van der Waals surface area contributed by atoms with Gasteiger partial charge in [0.05, 0.1) is 5.69 Å². The molecule has 0 radical (unpaired) electrons. The summed E-state index contributed by atoms with van der Waals surface area (Å²) in [7, 11) is 0. The minimum absolute atomic E-state index is 0.201. The standard InChI is InChI=1S/C20H23N5O/c21-14-17-13-18-15-23(9-4-11-25(18)22-17)12-8-20(26)24-10-3-6-16-5-1-2-7-19(16)24/h1-2,5,7,13H,3-4,6,8-12,15H2. The zero-order valence-electron chi connectivity index (χ0n) is 14.9. The number of hydrogen-bond acceptors (Lipinski definition) is 4. The molecule has 2 aromatic rings. The van der Waals surface area contributed by atoms with E-state index in [1.807, 2.05) is 27.8 Å². The number of para-hydroxylation sites is 1. The van der Waals surface area contributed by atoms with Crippen molar-refractivity contribution in [1.82, 2.24) is 14.7 Å². The first-order valence-electron chi connectivity index (χ1n) is 9.32. The van der Waals surface area contributed by atoms with Gasteiger partial charge in [-0.1, -0.05) is 18.2 Å². The number of aromatic nitrogens is 2. The Labute approximate surface area is 153 Å². The van der Waals surface area contributed by atoms with E-state index in [1.54, 1.807) is 0 Å². The number of carbonyl (C=O) groups excluding carboxylic acids is 1. The maximum atomic E-state index is 12.8. The van der Waals surface area contributed by atoms with Crippen LogP contribution in [0.4, 0.5) is 5.69 Å². The average molecular weight is 349 g/mol. The fourth-order valence-electron chi connectivity index (χ4n) is 3.96. The highest BCUT2D eigenvalue weighted by molar-refractivity contribution is 5.94. The van der Waals surface area contributed by atoms with E-state index in [-0.39, 0.29) is 5.91 Å². The van der Waals surface area contributed by atoms with Crippen molar-refractivity contribution in [3.63, 3.8) is 0 Å². The maximum absolute atomic E-state index is 12.8. The number of amides is 1. The molecule has 1 aromatic carbocycles. The van der Waals surface area contributed by atoms with Gasteiger partial charge >= 0.3 is 0 Å². The summed E-state index contributed by atoms with van der Waals surface area (Å²) in [5, 5.41) is 13.3. The first kappa shape index (κ1) is 16.8. The fourth-order valence-corrected chi connectivity index (χ4v) is 3.96. The highest BCUT2D eigenvalue weighted by Crippen LogP contribution is 2.27. The van der Waals surface area contributed by atoms with E-state index in [4.69, 9.17) is 5.26 Å². The van der Waals surface area contributed by atoms with E-state index in [0.717, 1.165) is 63.4 Å². The third kappa shape index (κ3) is 3.35. The molecule has 134 valence electrons. The van der Waals surface area contributed by atoms with Gasteiger partial charge < -0.3 is 4.90 Å². The lowest BCUT2D eigenvalue weighted by Gasteiger charge is -2.30. The lowest BCUT2D eigenvalue weighted by molar-refractivity contribution is -0.119. The van der Waals surface area contributed by atoms with E-state index >= 15 is 0 Å². The van der Waals surface area contributed by atoms with Crippen LogP contribution in [0.15, 0.2) is 30.3 Å². The summed E-state index contributed by atoms with van der Waals surface area (Å²) < 4.78 is 1.93. The molecule has 6 heteroatoms. The second kappa shape index (κ2) is 7.30. The number of hydrogen-bond donors (Lipinski definition) is 0. The van der Waals surface area contributed by atoms with Crippen LogP contribution in [-0.2, 0) is 24.3 Å². The lowest BCUT2D eigenvalue weighted by atomic mass is 10.0. The normalized spacial score (nSPS) is 17.1. The molecule has 0 N–H and O–H groups in total. The predicted molar refractivity (Wildman–Crippen MR) is 98.6 cm³/mol. The molecular weight excluding hydrogens is 326 g/mol. The average Bonchev–Trinajstić information content (AvgIpc) is 2.97. The Balaban J connectivity index is 1.40. The summed E-state index contributed by atoms with van der Waals surface area (Å²) in [5.41, 5.74) is 3.89. The van der Waals surface area contributed by atoms with Crippen molar-refractivity contribution in [2.75, 3.05) is 24.5 Å². The molecule has 0 bridgehead atoms. The van der Waals surface area contributed by atoms with Gasteiger partial charge in [-0.3, -0.25) is 14.4 Å². The number of nitrogens with zero attached hydrogens (tertiary/aromatic N) is 5. The monoisotopic (exact) mass is 349 g/mol. The second-order valence-corrected chi connectivity index (χ2v) is 7.01. The molecule has 0 fully saturated rings. The molecule has 2 aliphatic heterocycles. The fraction of sp³-hybridized carbons (Fsp3) is 0.450. The van der Waals surface area contributed by atoms with Crippen LogP contribution in [0.2, 0.25) is 0 Å². The van der Waals surface area contributed by atoms with E-state index in [9.17, 15) is 4.79 Å². The first-order chi connectivity index (χ1) is 12.7. The summed E-state index contributed by atoms with van der Waals surface area (Å²) in [4.78, 5) is 17.1. The molecule has 4 rings (SSSR count). The van der Waals surface area contributed by atoms with E-state index < -0.39 is 0 Å². The second-order valence-electron chi connectivity index (χ2n) is 7.01. The van der Waals surface area contributed by atoms with Gasteiger partial charge in [0.1, 0.15) is 6.07 Å². The Hall–Kier alpha value is -2.65. The van der Waals surface area contributed by atoms with Crippen molar-refractivity contribution < 1.29 is 4.79 Å². The molecule has 0 unspecified atom stereocenters. The molecule has 2 aliphatic rings. The summed E-state index contributed by atoms with van der Waals surface area (Å²) in [6, 6.07) is 12.2. The van der Waals surface area contributed by atoms with Crippen LogP contribution in [0.5, 0.6) is 0 Å². The van der Waals surface area contributed by atoms with Crippen LogP contribution >= 0.6 is 0 Å². The van der Waals surface area contributed by atoms with Crippen LogP contribution in [0.3, 0.4) is 0 Å². The van der Waals surface area contributed by atoms with Gasteiger partial charge in [0, 0.05) is 44.8 Å². The zero-order chi connectivity index (χ0) is 17.9. The number of aryl methyl sites for hydroxylation is 2. The highest BCUT2D eigenvalue weighted by atomic mass is 16.2. The minimum Gasteiger partial charge on any atom is -0.312 e. The van der Waals surface area contributed by atoms with Crippen molar-refractivity contribution in [2.24, 2.45) is 0 Å². The largest absolute Gasteiger partial charge is 0.312 e. The molecule has 0 atom stereocenters. The van der Waals surface area contributed by atoms with Crippen molar-refractivity contribution in [1.29, 1.82) is 5.26 Å². The van der Waals surface area contributed by atoms with Gasteiger partial charge in [-0.05, 0) is 37.0 Å². The van der Waals surface area contributed by atoms with Gasteiger partial charge in [0.2, 0.25) is 5.91 Å². The van der Waals surface area contributed by atoms with Gasteiger partial charge in [-0.15, -0.1) is 0 Å². The topological polar surface area (TPSA) is 65.2 Å². The van der Waals surface area contributed by atoms with Gasteiger partial charge in [-0.2, -0.15) is 10.4 Å². The van der Waals surface area contributed by atoms with Crippen LogP contribution in [0.25, 0.3) is 0 Å². The van der Waals surface area contributed by atoms with Crippen molar-refractivity contribution in [3.05, 3.63) is 47.3 Å². The van der Waals surface area contributed by atoms with Crippen molar-refractivity contribution >= 4 is 11.6 Å². The maximum Gasteiger partial charge on any atom is 0.228 e. The third-order valence-corrected chi connectivity index (χ3v) is 5.26. The van der Waals surface area contributed by atoms with Crippen molar-refractivity contribution in [3.8, 4) is 6.07 Å². The number of fused-ring (bicyclic) bond motifs is 2. The SMILES string of the molecule is N#Cc1cc2n(n1)CCCN(CCC(=O)N1CCCc3ccccc31)C2. The third-order valence-electron chi connectivity index (χ3n) is 5.26. The number of rotatable bonds is 3. The first-order valence-corrected chi connectivity index (χ1v) is 9.32. The molecule has 0 spiro atoms. The molecule has 0 aliphatic carbocycles. The van der Waals surface area contributed by atoms with Crippen LogP contribution < -0.4 is 4.90 Å². The van der Waals surface area contributed by atoms with Crippen LogP contribution in [0.1, 0.15) is 36.2 Å². The summed E-state index contributed by atoms with van der Waals surface area (Å²) in [6.45, 7) is 4.09. The zero-order valence-corrected chi connectivity index (χ0v) is 14.9. The summed E-state index contributed by atoms with van der Waals surface area (Å²) in [6.07, 6.45) is 3.59. The molecule has 1 aromatic heterocycles. The smallest absolute Gasteiger partial charge is 0.228 e. The number of benzene rings is 1. The van der Waals surface area contributed by atoms with Crippen molar-refractivity contribution in [2.45, 2.75) is 38.8 Å². The van der Waals surface area contributed by atoms with Crippen LogP contribution in [-0.4, -0.2) is 40.2 Å². The Bertz CT molecular complexity index is 850. The predicted octanol–water partition coefficient (Wildman–Crippen LogP) is 2.33. The number of anilines is 1. The Morgan fingerprint density at radius 1 is 1.19 bits per heavy atom. The quantitative estimate of drug-likeness (QED) is 0.853. The van der Waals surface area contributed by atoms with E-state index in [2.05, 4.69) is 28.2 Å². The summed E-state index contributed by atoms with van der Waals surface area (Å²) in [5.74, 6) is 0.201. The lowest BCUT2D eigenvalue weighted by Crippen LogP contribution is -2.37. The Morgan fingerprint density at radius 3 is 2.96 bits per heavy atom. The molecule has 26 heavy (non-hydrogen) atoms. The van der Waals surface area contributed by atoms with Crippen LogP contribution in [0, 0.1) is 11.3 Å². The van der Waals surface area contributed by atoms with E-state index in [0.29, 0.717) is 12.1 Å². The molecule has 6 nitrogen and oxygen atoms in total. The van der Waals surface area contributed by atoms with Gasteiger partial charge in [0.25, 0.3) is 0 Å². The molecular formula is C20H23N5O. The molecule has 0 saturated heterocycles. The minimum atomic E-state index is 0.201. The highest BCUT2D eigenvalue weighted by Gasteiger charge is 2.23. The van der Waals surface area contributed by atoms with Gasteiger partial charge in [-0.25, -0.2) is 0 Å². The number of nitriles is 1. The summed E-state index contributed by atoms with van der Waals surface area (Å²) >= 11 is 0. The molecule has 1 amide bonds.